The van der Waals surface area contributed by atoms with Crippen molar-refractivity contribution >= 4 is 33.0 Å². The molecule has 3 aromatic rings. The van der Waals surface area contributed by atoms with Crippen LogP contribution in [0.15, 0.2) is 83.8 Å². The van der Waals surface area contributed by atoms with Gasteiger partial charge in [-0.15, -0.1) is 0 Å². The quantitative estimate of drug-likeness (QED) is 0.596. The Morgan fingerprint density at radius 2 is 1.48 bits per heavy atom. The Labute approximate surface area is 183 Å². The molecule has 7 heteroatoms. The maximum absolute atomic E-state index is 13.1. The minimum absolute atomic E-state index is 0.217. The summed E-state index contributed by atoms with van der Waals surface area (Å²) in [5.41, 5.74) is 3.49. The van der Waals surface area contributed by atoms with Crippen LogP contribution in [0.1, 0.15) is 18.4 Å². The zero-order valence-corrected chi connectivity index (χ0v) is 18.1. The van der Waals surface area contributed by atoms with Gasteiger partial charge in [-0.25, -0.2) is 8.42 Å². The smallest absolute Gasteiger partial charge is 0.243 e. The number of anilines is 3. The molecule has 6 nitrogen and oxygen atoms in total. The molecule has 31 heavy (non-hydrogen) atoms. The van der Waals surface area contributed by atoms with Crippen molar-refractivity contribution in [2.75, 3.05) is 17.2 Å². The number of para-hydroxylation sites is 1. The molecule has 1 fully saturated rings. The number of amides is 1. The summed E-state index contributed by atoms with van der Waals surface area (Å²) in [6.07, 6.45) is 1.16. The molecule has 1 saturated heterocycles. The van der Waals surface area contributed by atoms with E-state index in [0.717, 1.165) is 16.9 Å². The highest BCUT2D eigenvalue weighted by Crippen LogP contribution is 2.27. The predicted molar refractivity (Wildman–Crippen MR) is 123 cm³/mol. The SMILES string of the molecule is Cc1ccc(S(=O)(=O)N2CCC[C@H]2C(=O)Nc2ccc(Nc3ccccc3)cc2)cc1. The molecule has 1 aliphatic heterocycles. The van der Waals surface area contributed by atoms with E-state index in [-0.39, 0.29) is 10.8 Å². The van der Waals surface area contributed by atoms with Gasteiger partial charge in [0, 0.05) is 23.6 Å². The number of hydrogen-bond donors (Lipinski definition) is 2. The van der Waals surface area contributed by atoms with E-state index in [1.54, 1.807) is 36.4 Å². The van der Waals surface area contributed by atoms with Crippen LogP contribution in [0.5, 0.6) is 0 Å². The molecule has 1 atom stereocenters. The lowest BCUT2D eigenvalue weighted by molar-refractivity contribution is -0.119. The van der Waals surface area contributed by atoms with E-state index >= 15 is 0 Å². The molecule has 0 bridgehead atoms. The summed E-state index contributed by atoms with van der Waals surface area (Å²) in [4.78, 5) is 13.1. The van der Waals surface area contributed by atoms with Gasteiger partial charge in [0.25, 0.3) is 0 Å². The molecule has 1 amide bonds. The van der Waals surface area contributed by atoms with E-state index in [2.05, 4.69) is 10.6 Å². The lowest BCUT2D eigenvalue weighted by Gasteiger charge is -2.23. The second-order valence-corrected chi connectivity index (χ2v) is 9.54. The fourth-order valence-corrected chi connectivity index (χ4v) is 5.34. The van der Waals surface area contributed by atoms with E-state index in [4.69, 9.17) is 0 Å². The molecule has 4 rings (SSSR count). The van der Waals surface area contributed by atoms with Gasteiger partial charge in [0.2, 0.25) is 15.9 Å². The Morgan fingerprint density at radius 3 is 2.16 bits per heavy atom. The molecule has 0 spiro atoms. The van der Waals surface area contributed by atoms with Crippen molar-refractivity contribution in [2.45, 2.75) is 30.7 Å². The van der Waals surface area contributed by atoms with Crippen LogP contribution in [-0.4, -0.2) is 31.2 Å². The van der Waals surface area contributed by atoms with Crippen LogP contribution >= 0.6 is 0 Å². The van der Waals surface area contributed by atoms with Crippen molar-refractivity contribution in [3.05, 3.63) is 84.4 Å². The van der Waals surface area contributed by atoms with Crippen molar-refractivity contribution in [1.82, 2.24) is 4.31 Å². The van der Waals surface area contributed by atoms with Crippen molar-refractivity contribution in [3.8, 4) is 0 Å². The van der Waals surface area contributed by atoms with E-state index in [0.29, 0.717) is 25.1 Å². The van der Waals surface area contributed by atoms with Gasteiger partial charge in [-0.05, 0) is 68.3 Å². The highest BCUT2D eigenvalue weighted by molar-refractivity contribution is 7.89. The summed E-state index contributed by atoms with van der Waals surface area (Å²) < 4.78 is 27.5. The van der Waals surface area contributed by atoms with E-state index in [1.807, 2.05) is 49.4 Å². The first kappa shape index (κ1) is 21.1. The summed E-state index contributed by atoms with van der Waals surface area (Å²) in [7, 11) is -3.72. The van der Waals surface area contributed by atoms with Crippen LogP contribution < -0.4 is 10.6 Å². The van der Waals surface area contributed by atoms with Crippen LogP contribution in [-0.2, 0) is 14.8 Å². The topological polar surface area (TPSA) is 78.5 Å². The highest BCUT2D eigenvalue weighted by Gasteiger charge is 2.39. The van der Waals surface area contributed by atoms with Crippen LogP contribution in [0.4, 0.5) is 17.1 Å². The third-order valence-electron chi connectivity index (χ3n) is 5.35. The fraction of sp³-hybridized carbons (Fsp3) is 0.208. The lowest BCUT2D eigenvalue weighted by atomic mass is 10.2. The summed E-state index contributed by atoms with van der Waals surface area (Å²) in [5.74, 6) is -0.308. The average molecular weight is 436 g/mol. The zero-order chi connectivity index (χ0) is 21.8. The zero-order valence-electron chi connectivity index (χ0n) is 17.3. The van der Waals surface area contributed by atoms with Gasteiger partial charge < -0.3 is 10.6 Å². The van der Waals surface area contributed by atoms with Gasteiger partial charge in [-0.3, -0.25) is 4.79 Å². The first-order valence-corrected chi connectivity index (χ1v) is 11.7. The number of benzene rings is 3. The average Bonchev–Trinajstić information content (AvgIpc) is 3.27. The van der Waals surface area contributed by atoms with Crippen LogP contribution in [0.3, 0.4) is 0 Å². The Kier molecular flexibility index (Phi) is 6.06. The molecule has 2 N–H and O–H groups in total. The maximum Gasteiger partial charge on any atom is 0.243 e. The third kappa shape index (κ3) is 4.78. The second kappa shape index (κ2) is 8.91. The third-order valence-corrected chi connectivity index (χ3v) is 7.27. The molecule has 0 radical (unpaired) electrons. The monoisotopic (exact) mass is 435 g/mol. The van der Waals surface area contributed by atoms with Gasteiger partial charge in [0.15, 0.2) is 0 Å². The normalized spacial score (nSPS) is 16.7. The van der Waals surface area contributed by atoms with E-state index in [9.17, 15) is 13.2 Å². The van der Waals surface area contributed by atoms with E-state index < -0.39 is 16.1 Å². The molecular formula is C24H25N3O3S. The van der Waals surface area contributed by atoms with Gasteiger partial charge in [-0.2, -0.15) is 4.31 Å². The number of sulfonamides is 1. The summed E-state index contributed by atoms with van der Waals surface area (Å²) >= 11 is 0. The van der Waals surface area contributed by atoms with Crippen molar-refractivity contribution in [2.24, 2.45) is 0 Å². The van der Waals surface area contributed by atoms with Gasteiger partial charge >= 0.3 is 0 Å². The number of hydrogen-bond acceptors (Lipinski definition) is 4. The van der Waals surface area contributed by atoms with Gasteiger partial charge in [0.05, 0.1) is 4.90 Å². The number of rotatable bonds is 6. The van der Waals surface area contributed by atoms with Crippen molar-refractivity contribution in [3.63, 3.8) is 0 Å². The summed E-state index contributed by atoms with van der Waals surface area (Å²) in [5, 5.41) is 6.15. The van der Waals surface area contributed by atoms with E-state index in [1.165, 1.54) is 4.31 Å². The molecule has 0 unspecified atom stereocenters. The minimum Gasteiger partial charge on any atom is -0.356 e. The van der Waals surface area contributed by atoms with Crippen molar-refractivity contribution < 1.29 is 13.2 Å². The first-order chi connectivity index (χ1) is 14.9. The minimum atomic E-state index is -3.72. The number of carbonyl (C=O) groups is 1. The molecule has 0 saturated carbocycles. The Morgan fingerprint density at radius 1 is 0.871 bits per heavy atom. The molecule has 1 heterocycles. The van der Waals surface area contributed by atoms with Crippen LogP contribution in [0, 0.1) is 6.92 Å². The van der Waals surface area contributed by atoms with Crippen LogP contribution in [0.25, 0.3) is 0 Å². The number of nitrogens with zero attached hydrogens (tertiary/aromatic N) is 1. The maximum atomic E-state index is 13.1. The molecular weight excluding hydrogens is 410 g/mol. The fourth-order valence-electron chi connectivity index (χ4n) is 3.69. The van der Waals surface area contributed by atoms with Crippen molar-refractivity contribution in [1.29, 1.82) is 0 Å². The highest BCUT2D eigenvalue weighted by atomic mass is 32.2. The largest absolute Gasteiger partial charge is 0.356 e. The Hall–Kier alpha value is -3.16. The summed E-state index contributed by atoms with van der Waals surface area (Å²) in [6, 6.07) is 23.2. The number of carbonyl (C=O) groups excluding carboxylic acids is 1. The second-order valence-electron chi connectivity index (χ2n) is 7.64. The lowest BCUT2D eigenvalue weighted by Crippen LogP contribution is -2.43. The molecule has 3 aromatic carbocycles. The number of aryl methyl sites for hydroxylation is 1. The first-order valence-electron chi connectivity index (χ1n) is 10.2. The molecule has 0 aliphatic carbocycles. The predicted octanol–water partition coefficient (Wildman–Crippen LogP) is 4.53. The molecule has 160 valence electrons. The molecule has 0 aromatic heterocycles. The Balaban J connectivity index is 1.44. The number of nitrogens with one attached hydrogen (secondary N) is 2. The van der Waals surface area contributed by atoms with Crippen LogP contribution in [0.2, 0.25) is 0 Å². The standard InChI is InChI=1S/C24H25N3O3S/c1-18-9-15-22(16-10-18)31(29,30)27-17-5-8-23(27)24(28)26-21-13-11-20(12-14-21)25-19-6-3-2-4-7-19/h2-4,6-7,9-16,23,25H,5,8,17H2,1H3,(H,26,28)/t23-/m0/s1. The summed E-state index contributed by atoms with van der Waals surface area (Å²) in [6.45, 7) is 2.25. The molecule has 1 aliphatic rings. The van der Waals surface area contributed by atoms with Gasteiger partial charge in [-0.1, -0.05) is 35.9 Å². The Bertz CT molecular complexity index is 1140. The van der Waals surface area contributed by atoms with Gasteiger partial charge in [0.1, 0.15) is 6.04 Å².